The smallest absolute Gasteiger partial charge is 0.173 e. The van der Waals surface area contributed by atoms with E-state index in [1.54, 1.807) is 0 Å². The summed E-state index contributed by atoms with van der Waals surface area (Å²) in [5.41, 5.74) is 1.13. The maximum atomic E-state index is 10.8. The van der Waals surface area contributed by atoms with Gasteiger partial charge in [-0.2, -0.15) is 0 Å². The second-order valence-electron chi connectivity index (χ2n) is 8.02. The third-order valence-corrected chi connectivity index (χ3v) is 6.15. The Hall–Kier alpha value is -0.170. The lowest BCUT2D eigenvalue weighted by atomic mass is 9.77. The standard InChI is InChI=1S/C15H24O2.C4H11NO2.ClH/c1-9(2)13-8-14-11(4)5-6-12(14)10(3)7-15(13,16)17-14;6-3-1-5-2-4-7;/h9,11-13,16H,3,5-8H2,1-2,4H3;5-7H,1-4H2;1H/t11-,12-,13-,14-,15-;;/m0../s1. The second-order valence-corrected chi connectivity index (χ2v) is 8.02. The molecule has 0 unspecified atom stereocenters. The van der Waals surface area contributed by atoms with Gasteiger partial charge in [-0.3, -0.25) is 0 Å². The molecule has 0 aromatic heterocycles. The summed E-state index contributed by atoms with van der Waals surface area (Å²) in [5, 5.41) is 29.9. The molecule has 5 atom stereocenters. The first-order chi connectivity index (χ1) is 11.3. The van der Waals surface area contributed by atoms with Crippen LogP contribution in [0.25, 0.3) is 0 Å². The molecule has 6 heteroatoms. The number of fused-ring (bicyclic) bond motifs is 1. The van der Waals surface area contributed by atoms with Crippen LogP contribution < -0.4 is 5.32 Å². The van der Waals surface area contributed by atoms with Gasteiger partial charge < -0.3 is 25.4 Å². The molecule has 2 saturated heterocycles. The SMILES string of the molecule is C=C1C[C@]2(O)O[C@@]3(C[C@H]2C(C)C)[C@@H](C)CC[C@@H]13.Cl.OCCNCCO. The van der Waals surface area contributed by atoms with Gasteiger partial charge in [0.2, 0.25) is 0 Å². The van der Waals surface area contributed by atoms with Crippen LogP contribution in [-0.4, -0.2) is 53.0 Å². The predicted molar refractivity (Wildman–Crippen MR) is 102 cm³/mol. The van der Waals surface area contributed by atoms with E-state index < -0.39 is 5.79 Å². The molecule has 1 spiro atoms. The number of aliphatic hydroxyl groups is 3. The molecule has 2 bridgehead atoms. The lowest BCUT2D eigenvalue weighted by molar-refractivity contribution is -0.269. The molecule has 0 aromatic rings. The van der Waals surface area contributed by atoms with Crippen molar-refractivity contribution in [3.05, 3.63) is 12.2 Å². The van der Waals surface area contributed by atoms with Crippen molar-refractivity contribution in [2.24, 2.45) is 23.7 Å². The van der Waals surface area contributed by atoms with E-state index in [1.165, 1.54) is 18.4 Å². The molecular weight excluding hydrogens is 342 g/mol. The lowest BCUT2D eigenvalue weighted by Crippen LogP contribution is -2.48. The van der Waals surface area contributed by atoms with Gasteiger partial charge in [-0.1, -0.05) is 32.9 Å². The van der Waals surface area contributed by atoms with Crippen molar-refractivity contribution in [1.82, 2.24) is 5.32 Å². The van der Waals surface area contributed by atoms with Crippen molar-refractivity contribution in [2.45, 2.75) is 57.8 Å². The molecule has 4 N–H and O–H groups in total. The average Bonchev–Trinajstić information content (AvgIpc) is 2.96. The van der Waals surface area contributed by atoms with E-state index in [2.05, 4.69) is 32.7 Å². The molecule has 1 aliphatic carbocycles. The number of nitrogens with one attached hydrogen (secondary N) is 1. The minimum Gasteiger partial charge on any atom is -0.395 e. The Morgan fingerprint density at radius 3 is 2.36 bits per heavy atom. The van der Waals surface area contributed by atoms with Gasteiger partial charge in [0.1, 0.15) is 0 Å². The summed E-state index contributed by atoms with van der Waals surface area (Å²) in [7, 11) is 0. The Morgan fingerprint density at radius 1 is 1.24 bits per heavy atom. The Labute approximate surface area is 158 Å². The van der Waals surface area contributed by atoms with Crippen LogP contribution in [0.5, 0.6) is 0 Å². The van der Waals surface area contributed by atoms with Gasteiger partial charge in [0.15, 0.2) is 5.79 Å². The van der Waals surface area contributed by atoms with Crippen LogP contribution in [0.15, 0.2) is 12.2 Å². The Balaban J connectivity index is 0.000000339. The molecule has 2 heterocycles. The van der Waals surface area contributed by atoms with Gasteiger partial charge >= 0.3 is 0 Å². The normalized spacial score (nSPS) is 38.8. The highest BCUT2D eigenvalue weighted by Gasteiger charge is 2.66. The third-order valence-electron chi connectivity index (χ3n) is 6.15. The first-order valence-corrected chi connectivity index (χ1v) is 9.33. The van der Waals surface area contributed by atoms with Crippen LogP contribution in [0.2, 0.25) is 0 Å². The molecule has 0 radical (unpaired) electrons. The Kier molecular flexibility index (Phi) is 8.38. The molecular formula is C19H36ClNO4. The van der Waals surface area contributed by atoms with E-state index in [4.69, 9.17) is 14.9 Å². The van der Waals surface area contributed by atoms with Crippen molar-refractivity contribution in [2.75, 3.05) is 26.3 Å². The van der Waals surface area contributed by atoms with E-state index >= 15 is 0 Å². The fourth-order valence-corrected chi connectivity index (χ4v) is 4.92. The molecule has 5 nitrogen and oxygen atoms in total. The van der Waals surface area contributed by atoms with Gasteiger partial charge in [0.25, 0.3) is 0 Å². The molecule has 148 valence electrons. The maximum Gasteiger partial charge on any atom is 0.173 e. The van der Waals surface area contributed by atoms with Crippen molar-refractivity contribution in [3.8, 4) is 0 Å². The van der Waals surface area contributed by atoms with Crippen molar-refractivity contribution < 1.29 is 20.1 Å². The van der Waals surface area contributed by atoms with Crippen molar-refractivity contribution >= 4 is 12.4 Å². The fraction of sp³-hybridized carbons (Fsp3) is 0.895. The van der Waals surface area contributed by atoms with Gasteiger partial charge in [0, 0.05) is 31.3 Å². The quantitative estimate of drug-likeness (QED) is 0.435. The van der Waals surface area contributed by atoms with Crippen molar-refractivity contribution in [1.29, 1.82) is 0 Å². The minimum atomic E-state index is -0.930. The molecule has 2 aliphatic heterocycles. The number of hydrogen-bond donors (Lipinski definition) is 4. The summed E-state index contributed by atoms with van der Waals surface area (Å²) in [6.07, 6.45) is 4.08. The topological polar surface area (TPSA) is 82.0 Å². The first kappa shape index (κ1) is 22.9. The average molecular weight is 378 g/mol. The van der Waals surface area contributed by atoms with E-state index in [9.17, 15) is 5.11 Å². The third kappa shape index (κ3) is 4.40. The molecule has 1 saturated carbocycles. The van der Waals surface area contributed by atoms with E-state index in [-0.39, 0.29) is 37.1 Å². The van der Waals surface area contributed by atoms with Crippen LogP contribution in [0.4, 0.5) is 0 Å². The maximum absolute atomic E-state index is 10.8. The van der Waals surface area contributed by atoms with Gasteiger partial charge in [-0.05, 0) is 31.1 Å². The molecule has 3 fully saturated rings. The highest BCUT2D eigenvalue weighted by Crippen LogP contribution is 2.63. The van der Waals surface area contributed by atoms with Crippen LogP contribution in [0.3, 0.4) is 0 Å². The number of rotatable bonds is 5. The first-order valence-electron chi connectivity index (χ1n) is 9.33. The van der Waals surface area contributed by atoms with Gasteiger partial charge in [0.05, 0.1) is 18.8 Å². The highest BCUT2D eigenvalue weighted by atomic mass is 35.5. The van der Waals surface area contributed by atoms with E-state index in [0.717, 1.165) is 6.42 Å². The van der Waals surface area contributed by atoms with E-state index in [0.29, 0.717) is 37.3 Å². The van der Waals surface area contributed by atoms with Crippen LogP contribution in [-0.2, 0) is 4.74 Å². The predicted octanol–water partition coefficient (Wildman–Crippen LogP) is 2.09. The molecule has 3 rings (SSSR count). The number of halogens is 1. The molecule has 0 amide bonds. The molecule has 3 aliphatic rings. The molecule has 0 aromatic carbocycles. The highest BCUT2D eigenvalue weighted by molar-refractivity contribution is 5.85. The Bertz CT molecular complexity index is 443. The summed E-state index contributed by atoms with van der Waals surface area (Å²) >= 11 is 0. The second kappa shape index (κ2) is 9.16. The Morgan fingerprint density at radius 2 is 1.84 bits per heavy atom. The minimum absolute atomic E-state index is 0. The zero-order valence-corrected chi connectivity index (χ0v) is 16.6. The lowest BCUT2D eigenvalue weighted by Gasteiger charge is -2.43. The summed E-state index contributed by atoms with van der Waals surface area (Å²) in [5.74, 6) is 0.852. The van der Waals surface area contributed by atoms with Crippen LogP contribution >= 0.6 is 12.4 Å². The zero-order chi connectivity index (χ0) is 18.0. The summed E-state index contributed by atoms with van der Waals surface area (Å²) < 4.78 is 6.25. The van der Waals surface area contributed by atoms with Gasteiger partial charge in [-0.25, -0.2) is 0 Å². The fourth-order valence-electron chi connectivity index (χ4n) is 4.92. The number of aliphatic hydroxyl groups excluding tert-OH is 2. The number of hydrogen-bond acceptors (Lipinski definition) is 5. The van der Waals surface area contributed by atoms with Crippen LogP contribution in [0, 0.1) is 23.7 Å². The van der Waals surface area contributed by atoms with Crippen LogP contribution in [0.1, 0.15) is 46.5 Å². The largest absolute Gasteiger partial charge is 0.395 e. The zero-order valence-electron chi connectivity index (χ0n) is 15.8. The van der Waals surface area contributed by atoms with Gasteiger partial charge in [-0.15, -0.1) is 12.4 Å². The number of ether oxygens (including phenoxy) is 1. The summed E-state index contributed by atoms with van der Waals surface area (Å²) in [4.78, 5) is 0. The monoisotopic (exact) mass is 377 g/mol. The van der Waals surface area contributed by atoms with Crippen molar-refractivity contribution in [3.63, 3.8) is 0 Å². The molecule has 25 heavy (non-hydrogen) atoms. The summed E-state index contributed by atoms with van der Waals surface area (Å²) in [6, 6.07) is 0. The summed E-state index contributed by atoms with van der Waals surface area (Å²) in [6.45, 7) is 12.3. The van der Waals surface area contributed by atoms with E-state index in [1.807, 2.05) is 0 Å².